The molecule has 2 aliphatic heterocycles. The first-order chi connectivity index (χ1) is 16.6. The van der Waals surface area contributed by atoms with Gasteiger partial charge >= 0.3 is 0 Å². The van der Waals surface area contributed by atoms with Crippen LogP contribution in [0.5, 0.6) is 11.5 Å². The monoisotopic (exact) mass is 454 g/mol. The number of anilines is 2. The number of hydrogen-bond donors (Lipinski definition) is 0. The molecule has 0 unspecified atom stereocenters. The second-order valence-electron chi connectivity index (χ2n) is 8.24. The molecule has 2 amide bonds. The van der Waals surface area contributed by atoms with E-state index in [0.717, 1.165) is 29.8 Å². The number of ether oxygens (including phenoxy) is 2. The molecule has 0 atom stereocenters. The highest BCUT2D eigenvalue weighted by Crippen LogP contribution is 2.42. The minimum Gasteiger partial charge on any atom is -0.495 e. The summed E-state index contributed by atoms with van der Waals surface area (Å²) in [6, 6.07) is 22.5. The van der Waals surface area contributed by atoms with Gasteiger partial charge in [0.25, 0.3) is 11.8 Å². The van der Waals surface area contributed by atoms with Crippen LogP contribution >= 0.6 is 0 Å². The van der Waals surface area contributed by atoms with Crippen LogP contribution < -0.4 is 19.3 Å². The lowest BCUT2D eigenvalue weighted by Gasteiger charge is -2.22. The number of amides is 2. The lowest BCUT2D eigenvalue weighted by Crippen LogP contribution is -2.35. The van der Waals surface area contributed by atoms with Gasteiger partial charge in [-0.05, 0) is 54.3 Å². The number of para-hydroxylation sites is 3. The van der Waals surface area contributed by atoms with E-state index in [1.165, 1.54) is 12.0 Å². The molecule has 0 N–H and O–H groups in total. The molecule has 3 aromatic carbocycles. The summed E-state index contributed by atoms with van der Waals surface area (Å²) < 4.78 is 11.2. The Hall–Kier alpha value is -4.06. The van der Waals surface area contributed by atoms with E-state index < -0.39 is 0 Å². The topological polar surface area (TPSA) is 59.1 Å². The van der Waals surface area contributed by atoms with E-state index in [-0.39, 0.29) is 11.8 Å². The lowest BCUT2D eigenvalue weighted by atomic mass is 10.0. The molecular formula is C28H26N2O4. The summed E-state index contributed by atoms with van der Waals surface area (Å²) in [4.78, 5) is 31.0. The summed E-state index contributed by atoms with van der Waals surface area (Å²) in [7, 11) is 1.53. The summed E-state index contributed by atoms with van der Waals surface area (Å²) in [5.41, 5.74) is 4.01. The maximum atomic E-state index is 13.9. The van der Waals surface area contributed by atoms with Gasteiger partial charge in [-0.25, -0.2) is 4.90 Å². The predicted molar refractivity (Wildman–Crippen MR) is 132 cm³/mol. The Labute approximate surface area is 199 Å². The van der Waals surface area contributed by atoms with Gasteiger partial charge in [0.15, 0.2) is 0 Å². The van der Waals surface area contributed by atoms with Gasteiger partial charge in [0.05, 0.1) is 25.0 Å². The molecule has 5 rings (SSSR count). The first-order valence-corrected chi connectivity index (χ1v) is 11.5. The summed E-state index contributed by atoms with van der Waals surface area (Å²) >= 11 is 0. The number of carbonyl (C=O) groups excluding carboxylic acids is 2. The zero-order chi connectivity index (χ0) is 23.7. The van der Waals surface area contributed by atoms with Crippen LogP contribution in [0.2, 0.25) is 0 Å². The van der Waals surface area contributed by atoms with Crippen LogP contribution in [0.4, 0.5) is 11.4 Å². The second kappa shape index (κ2) is 9.06. The summed E-state index contributed by atoms with van der Waals surface area (Å²) in [5, 5.41) is 0. The van der Waals surface area contributed by atoms with Crippen molar-refractivity contribution in [2.45, 2.75) is 19.8 Å². The third-order valence-corrected chi connectivity index (χ3v) is 6.16. The van der Waals surface area contributed by atoms with Crippen LogP contribution in [0.15, 0.2) is 78.5 Å². The van der Waals surface area contributed by atoms with E-state index in [9.17, 15) is 9.59 Å². The van der Waals surface area contributed by atoms with E-state index in [2.05, 4.69) is 13.0 Å². The molecule has 0 bridgehead atoms. The number of rotatable bonds is 7. The Kier molecular flexibility index (Phi) is 5.80. The molecule has 3 aromatic rings. The van der Waals surface area contributed by atoms with Crippen molar-refractivity contribution < 1.29 is 19.1 Å². The fourth-order valence-electron chi connectivity index (χ4n) is 4.57. The van der Waals surface area contributed by atoms with Crippen LogP contribution in [-0.2, 0) is 16.0 Å². The summed E-state index contributed by atoms with van der Waals surface area (Å²) in [5.74, 6) is 0.483. The zero-order valence-corrected chi connectivity index (χ0v) is 19.3. The Morgan fingerprint density at radius 3 is 2.29 bits per heavy atom. The van der Waals surface area contributed by atoms with Crippen molar-refractivity contribution in [3.8, 4) is 11.5 Å². The second-order valence-corrected chi connectivity index (χ2v) is 8.24. The highest BCUT2D eigenvalue weighted by Gasteiger charge is 2.44. The fourth-order valence-corrected chi connectivity index (χ4v) is 4.57. The molecule has 172 valence electrons. The minimum absolute atomic E-state index is 0.354. The van der Waals surface area contributed by atoms with Crippen molar-refractivity contribution in [1.82, 2.24) is 0 Å². The molecule has 6 heteroatoms. The van der Waals surface area contributed by atoms with Crippen molar-refractivity contribution in [1.29, 1.82) is 0 Å². The number of benzene rings is 3. The maximum Gasteiger partial charge on any atom is 0.282 e. The van der Waals surface area contributed by atoms with Crippen molar-refractivity contribution >= 4 is 28.8 Å². The van der Waals surface area contributed by atoms with Crippen molar-refractivity contribution in [3.05, 3.63) is 89.6 Å². The van der Waals surface area contributed by atoms with Crippen LogP contribution in [0.25, 0.3) is 5.57 Å². The molecule has 6 nitrogen and oxygen atoms in total. The van der Waals surface area contributed by atoms with E-state index in [0.29, 0.717) is 41.4 Å². The Morgan fingerprint density at radius 2 is 1.56 bits per heavy atom. The molecule has 0 fully saturated rings. The Bertz CT molecular complexity index is 1280. The van der Waals surface area contributed by atoms with E-state index >= 15 is 0 Å². The van der Waals surface area contributed by atoms with Gasteiger partial charge < -0.3 is 14.4 Å². The predicted octanol–water partition coefficient (Wildman–Crippen LogP) is 4.83. The average molecular weight is 455 g/mol. The SMILES string of the molecule is CCCOc1ccc(C2=C(N3CCc4ccccc43)C(=O)N(c3ccccc3OC)C2=O)cc1. The molecule has 0 saturated heterocycles. The van der Waals surface area contributed by atoms with Crippen LogP contribution in [0.1, 0.15) is 24.5 Å². The van der Waals surface area contributed by atoms with Gasteiger partial charge in [-0.1, -0.05) is 49.4 Å². The van der Waals surface area contributed by atoms with Crippen molar-refractivity contribution in [2.24, 2.45) is 0 Å². The summed E-state index contributed by atoms with van der Waals surface area (Å²) in [6.45, 7) is 3.31. The third kappa shape index (κ3) is 3.61. The van der Waals surface area contributed by atoms with Gasteiger partial charge in [0, 0.05) is 12.2 Å². The zero-order valence-electron chi connectivity index (χ0n) is 19.3. The largest absolute Gasteiger partial charge is 0.495 e. The van der Waals surface area contributed by atoms with Gasteiger partial charge in [0.2, 0.25) is 0 Å². The number of fused-ring (bicyclic) bond motifs is 1. The van der Waals surface area contributed by atoms with Gasteiger partial charge in [-0.2, -0.15) is 0 Å². The Morgan fingerprint density at radius 1 is 0.853 bits per heavy atom. The molecule has 2 aliphatic rings. The van der Waals surface area contributed by atoms with E-state index in [1.54, 1.807) is 18.2 Å². The normalized spacial score (nSPS) is 15.2. The molecule has 34 heavy (non-hydrogen) atoms. The third-order valence-electron chi connectivity index (χ3n) is 6.16. The number of nitrogens with zero attached hydrogens (tertiary/aromatic N) is 2. The highest BCUT2D eigenvalue weighted by molar-refractivity contribution is 6.46. The standard InChI is InChI=1S/C28H26N2O4/c1-3-18-34-21-14-12-20(13-15-21)25-26(29-17-16-19-8-4-5-9-22(19)29)28(32)30(27(25)31)23-10-6-7-11-24(23)33-2/h4-15H,3,16-18H2,1-2H3. The molecule has 0 radical (unpaired) electrons. The van der Waals surface area contributed by atoms with E-state index in [1.807, 2.05) is 53.4 Å². The van der Waals surface area contributed by atoms with E-state index in [4.69, 9.17) is 9.47 Å². The highest BCUT2D eigenvalue weighted by atomic mass is 16.5. The smallest absolute Gasteiger partial charge is 0.282 e. The molecule has 2 heterocycles. The first kappa shape index (κ1) is 21.8. The van der Waals surface area contributed by atoms with Gasteiger partial charge in [-0.3, -0.25) is 9.59 Å². The van der Waals surface area contributed by atoms with Crippen molar-refractivity contribution in [3.63, 3.8) is 0 Å². The fraction of sp³-hybridized carbons (Fsp3) is 0.214. The molecule has 0 saturated carbocycles. The minimum atomic E-state index is -0.365. The number of carbonyl (C=O) groups is 2. The van der Waals surface area contributed by atoms with Crippen LogP contribution in [0, 0.1) is 0 Å². The average Bonchev–Trinajstić information content (AvgIpc) is 3.40. The summed E-state index contributed by atoms with van der Waals surface area (Å²) in [6.07, 6.45) is 1.72. The number of hydrogen-bond acceptors (Lipinski definition) is 5. The quantitative estimate of drug-likeness (QED) is 0.479. The maximum absolute atomic E-state index is 13.9. The number of methoxy groups -OCH3 is 1. The van der Waals surface area contributed by atoms with Crippen LogP contribution in [-0.4, -0.2) is 32.1 Å². The first-order valence-electron chi connectivity index (χ1n) is 11.5. The van der Waals surface area contributed by atoms with Gasteiger partial charge in [-0.15, -0.1) is 0 Å². The van der Waals surface area contributed by atoms with Crippen molar-refractivity contribution in [2.75, 3.05) is 30.1 Å². The van der Waals surface area contributed by atoms with Crippen LogP contribution in [0.3, 0.4) is 0 Å². The molecule has 0 aliphatic carbocycles. The van der Waals surface area contributed by atoms with Gasteiger partial charge in [0.1, 0.15) is 17.2 Å². The number of imide groups is 1. The molecular weight excluding hydrogens is 428 g/mol. The molecule has 0 aromatic heterocycles. The molecule has 0 spiro atoms. The lowest BCUT2D eigenvalue weighted by molar-refractivity contribution is -0.120. The Balaban J connectivity index is 1.63.